The number of hydrogen-bond donors (Lipinski definition) is 2. The maximum Gasteiger partial charge on any atom is 0.353 e. The van der Waals surface area contributed by atoms with E-state index in [2.05, 4.69) is 20.6 Å². The molecule has 1 rings (SSSR count). The fourth-order valence-electron chi connectivity index (χ4n) is 1.15. The molecular weight excluding hydrogens is 236 g/mol. The van der Waals surface area contributed by atoms with Crippen LogP contribution in [0.5, 0.6) is 0 Å². The van der Waals surface area contributed by atoms with Crippen molar-refractivity contribution in [2.24, 2.45) is 0 Å². The average Bonchev–Trinajstić information content (AvgIpc) is 2.26. The number of nitrogens with one attached hydrogen (secondary N) is 2. The Kier molecular flexibility index (Phi) is 4.49. The predicted octanol–water partition coefficient (Wildman–Crippen LogP) is 1.49. The molecule has 2 N–H and O–H groups in total. The molecule has 1 aromatic heterocycles. The van der Waals surface area contributed by atoms with Crippen LogP contribution in [0.3, 0.4) is 0 Å². The number of halogens is 2. The van der Waals surface area contributed by atoms with Crippen molar-refractivity contribution in [1.29, 1.82) is 0 Å². The van der Waals surface area contributed by atoms with Gasteiger partial charge in [0, 0.05) is 6.54 Å². The fraction of sp³-hybridized carbons (Fsp3) is 0.500. The molecule has 1 aromatic rings. The second-order valence-corrected chi connectivity index (χ2v) is 2.98. The van der Waals surface area contributed by atoms with Crippen LogP contribution >= 0.6 is 0 Å². The Hall–Kier alpha value is -2.06. The van der Waals surface area contributed by atoms with Gasteiger partial charge in [-0.25, -0.2) is 18.7 Å². The van der Waals surface area contributed by atoms with Crippen LogP contribution in [0, 0.1) is 10.1 Å². The summed E-state index contributed by atoms with van der Waals surface area (Å²) in [7, 11) is 0. The van der Waals surface area contributed by atoms with Crippen LogP contribution in [0.1, 0.15) is 6.92 Å². The molecule has 1 heterocycles. The zero-order valence-corrected chi connectivity index (χ0v) is 8.98. The molecule has 0 aliphatic rings. The van der Waals surface area contributed by atoms with Gasteiger partial charge in [-0.05, 0) is 6.92 Å². The molecule has 0 amide bonds. The van der Waals surface area contributed by atoms with E-state index in [0.29, 0.717) is 6.54 Å². The SMILES string of the molecule is CCNc1ncnc(NCC(F)F)c1[N+](=O)[O-]. The van der Waals surface area contributed by atoms with E-state index in [9.17, 15) is 18.9 Å². The highest BCUT2D eigenvalue weighted by Gasteiger charge is 2.22. The predicted molar refractivity (Wildman–Crippen MR) is 57.3 cm³/mol. The molecule has 7 nitrogen and oxygen atoms in total. The first-order valence-electron chi connectivity index (χ1n) is 4.81. The maximum atomic E-state index is 12.0. The van der Waals surface area contributed by atoms with Crippen LogP contribution in [-0.4, -0.2) is 34.4 Å². The van der Waals surface area contributed by atoms with Crippen LogP contribution in [0.25, 0.3) is 0 Å². The zero-order chi connectivity index (χ0) is 12.8. The van der Waals surface area contributed by atoms with Gasteiger partial charge in [-0.15, -0.1) is 0 Å². The highest BCUT2D eigenvalue weighted by molar-refractivity contribution is 5.69. The number of hydrogen-bond acceptors (Lipinski definition) is 6. The van der Waals surface area contributed by atoms with Crippen molar-refractivity contribution in [2.75, 3.05) is 23.7 Å². The molecule has 0 radical (unpaired) electrons. The minimum atomic E-state index is -2.62. The van der Waals surface area contributed by atoms with E-state index >= 15 is 0 Å². The number of aromatic nitrogens is 2. The van der Waals surface area contributed by atoms with Gasteiger partial charge in [0.15, 0.2) is 0 Å². The van der Waals surface area contributed by atoms with Crippen LogP contribution in [0.4, 0.5) is 26.1 Å². The van der Waals surface area contributed by atoms with Crippen molar-refractivity contribution in [2.45, 2.75) is 13.3 Å². The standard InChI is InChI=1S/C8H11F2N5O2/c1-2-11-7-6(15(16)17)8(14-4-13-7)12-3-5(9)10/h4-5H,2-3H2,1H3,(H2,11,12,13,14). The summed E-state index contributed by atoms with van der Waals surface area (Å²) in [5.74, 6) is -0.217. The second-order valence-electron chi connectivity index (χ2n) is 2.98. The van der Waals surface area contributed by atoms with Crippen LogP contribution < -0.4 is 10.6 Å². The molecule has 0 aromatic carbocycles. The van der Waals surface area contributed by atoms with Crippen molar-refractivity contribution in [3.63, 3.8) is 0 Å². The van der Waals surface area contributed by atoms with Crippen molar-refractivity contribution in [3.05, 3.63) is 16.4 Å². The van der Waals surface area contributed by atoms with Gasteiger partial charge in [0.25, 0.3) is 6.43 Å². The van der Waals surface area contributed by atoms with Gasteiger partial charge in [-0.1, -0.05) is 0 Å². The highest BCUT2D eigenvalue weighted by atomic mass is 19.3. The minimum absolute atomic E-state index is 0.00395. The van der Waals surface area contributed by atoms with Gasteiger partial charge in [-0.2, -0.15) is 0 Å². The van der Waals surface area contributed by atoms with Gasteiger partial charge >= 0.3 is 5.69 Å². The lowest BCUT2D eigenvalue weighted by molar-refractivity contribution is -0.383. The van der Waals surface area contributed by atoms with E-state index in [1.807, 2.05) is 0 Å². The number of alkyl halides is 2. The van der Waals surface area contributed by atoms with Crippen molar-refractivity contribution in [1.82, 2.24) is 9.97 Å². The third kappa shape index (κ3) is 3.47. The Labute approximate surface area is 95.4 Å². The fourth-order valence-corrected chi connectivity index (χ4v) is 1.15. The number of rotatable bonds is 6. The first-order valence-corrected chi connectivity index (χ1v) is 4.81. The summed E-state index contributed by atoms with van der Waals surface area (Å²) in [5.41, 5.74) is -0.435. The molecule has 94 valence electrons. The van der Waals surface area contributed by atoms with E-state index < -0.39 is 23.6 Å². The van der Waals surface area contributed by atoms with E-state index in [1.165, 1.54) is 0 Å². The molecule has 0 unspecified atom stereocenters. The smallest absolute Gasteiger partial charge is 0.353 e. The highest BCUT2D eigenvalue weighted by Crippen LogP contribution is 2.28. The molecule has 17 heavy (non-hydrogen) atoms. The summed E-state index contributed by atoms with van der Waals surface area (Å²) < 4.78 is 24.0. The molecule has 9 heteroatoms. The quantitative estimate of drug-likeness (QED) is 0.584. The van der Waals surface area contributed by atoms with Crippen molar-refractivity contribution < 1.29 is 13.7 Å². The van der Waals surface area contributed by atoms with Gasteiger partial charge in [0.1, 0.15) is 6.33 Å². The van der Waals surface area contributed by atoms with Crippen LogP contribution in [0.2, 0.25) is 0 Å². The summed E-state index contributed by atoms with van der Waals surface area (Å²) in [5, 5.41) is 15.7. The molecule has 0 aliphatic heterocycles. The number of nitro groups is 1. The Morgan fingerprint density at radius 1 is 1.41 bits per heavy atom. The summed E-state index contributed by atoms with van der Waals surface area (Å²) in [6, 6.07) is 0. The van der Waals surface area contributed by atoms with E-state index in [1.54, 1.807) is 6.92 Å². The lowest BCUT2D eigenvalue weighted by atomic mass is 10.4. The monoisotopic (exact) mass is 247 g/mol. The minimum Gasteiger partial charge on any atom is -0.364 e. The van der Waals surface area contributed by atoms with Crippen molar-refractivity contribution >= 4 is 17.3 Å². The largest absolute Gasteiger partial charge is 0.364 e. The summed E-state index contributed by atoms with van der Waals surface area (Å²) >= 11 is 0. The first kappa shape index (κ1) is 13.0. The summed E-state index contributed by atoms with van der Waals surface area (Å²) in [6.07, 6.45) is -1.55. The Balaban J connectivity index is 3.02. The average molecular weight is 247 g/mol. The first-order chi connectivity index (χ1) is 8.06. The molecule has 0 spiro atoms. The molecular formula is C8H11F2N5O2. The van der Waals surface area contributed by atoms with Crippen LogP contribution in [-0.2, 0) is 0 Å². The zero-order valence-electron chi connectivity index (χ0n) is 8.98. The molecule has 0 bridgehead atoms. The lowest BCUT2D eigenvalue weighted by Crippen LogP contribution is -2.14. The van der Waals surface area contributed by atoms with E-state index in [4.69, 9.17) is 0 Å². The Bertz CT molecular complexity index is 402. The third-order valence-electron chi connectivity index (χ3n) is 1.77. The van der Waals surface area contributed by atoms with Crippen molar-refractivity contribution in [3.8, 4) is 0 Å². The molecule has 0 saturated carbocycles. The Morgan fingerprint density at radius 2 is 2.00 bits per heavy atom. The topological polar surface area (TPSA) is 93.0 Å². The summed E-state index contributed by atoms with van der Waals surface area (Å²) in [4.78, 5) is 17.4. The molecule has 0 atom stereocenters. The lowest BCUT2D eigenvalue weighted by Gasteiger charge is -2.08. The third-order valence-corrected chi connectivity index (χ3v) is 1.77. The molecule has 0 fully saturated rings. The van der Waals surface area contributed by atoms with Crippen LogP contribution in [0.15, 0.2) is 6.33 Å². The number of anilines is 2. The second kappa shape index (κ2) is 5.87. The van der Waals surface area contributed by atoms with E-state index in [-0.39, 0.29) is 11.6 Å². The maximum absolute atomic E-state index is 12.0. The summed E-state index contributed by atoms with van der Waals surface area (Å²) in [6.45, 7) is 1.45. The number of nitrogens with zero attached hydrogens (tertiary/aromatic N) is 3. The van der Waals surface area contributed by atoms with Gasteiger partial charge < -0.3 is 10.6 Å². The molecule has 0 saturated heterocycles. The molecule has 0 aliphatic carbocycles. The van der Waals surface area contributed by atoms with Gasteiger partial charge in [0.05, 0.1) is 11.5 Å². The van der Waals surface area contributed by atoms with Gasteiger partial charge in [0.2, 0.25) is 11.6 Å². The van der Waals surface area contributed by atoms with E-state index in [0.717, 1.165) is 6.33 Å². The normalized spacial score (nSPS) is 10.4. The Morgan fingerprint density at radius 3 is 2.47 bits per heavy atom. The van der Waals surface area contributed by atoms with Gasteiger partial charge in [-0.3, -0.25) is 10.1 Å².